The van der Waals surface area contributed by atoms with Gasteiger partial charge in [0.25, 0.3) is 0 Å². The molecule has 0 atom stereocenters. The van der Waals surface area contributed by atoms with Crippen molar-refractivity contribution in [1.29, 1.82) is 0 Å². The van der Waals surface area contributed by atoms with Gasteiger partial charge in [-0.15, -0.1) is 0 Å². The number of likely N-dealkylation sites (tertiary alicyclic amines) is 1. The Bertz CT molecular complexity index is 486. The van der Waals surface area contributed by atoms with Crippen molar-refractivity contribution < 1.29 is 9.13 Å². The summed E-state index contributed by atoms with van der Waals surface area (Å²) in [4.78, 5) is 4.90. The minimum absolute atomic E-state index is 0.133. The van der Waals surface area contributed by atoms with Crippen molar-refractivity contribution in [2.24, 2.45) is 5.41 Å². The maximum absolute atomic E-state index is 13.5. The maximum Gasteiger partial charge on any atom is 0.125 e. The van der Waals surface area contributed by atoms with Crippen LogP contribution in [0.5, 0.6) is 0 Å². The molecule has 2 aliphatic heterocycles. The van der Waals surface area contributed by atoms with Crippen LogP contribution >= 0.6 is 0 Å². The van der Waals surface area contributed by atoms with Gasteiger partial charge in [-0.05, 0) is 62.4 Å². The molecule has 3 rings (SSSR count). The minimum Gasteiger partial charge on any atom is -0.383 e. The van der Waals surface area contributed by atoms with Crippen LogP contribution in [0.2, 0.25) is 0 Å². The summed E-state index contributed by atoms with van der Waals surface area (Å²) in [5.74, 6) is -0.133. The molecule has 0 N–H and O–H groups in total. The average molecular weight is 306 g/mol. The van der Waals surface area contributed by atoms with Crippen molar-refractivity contribution in [1.82, 2.24) is 4.90 Å². The Labute approximate surface area is 133 Å². The fraction of sp³-hybridized carbons (Fsp3) is 0.667. The van der Waals surface area contributed by atoms with E-state index in [2.05, 4.69) is 9.80 Å². The molecular weight excluding hydrogens is 279 g/mol. The number of piperidine rings is 2. The summed E-state index contributed by atoms with van der Waals surface area (Å²) in [5, 5.41) is 0. The average Bonchev–Trinajstić information content (AvgIpc) is 2.55. The highest BCUT2D eigenvalue weighted by Crippen LogP contribution is 2.41. The summed E-state index contributed by atoms with van der Waals surface area (Å²) in [6.45, 7) is 6.33. The van der Waals surface area contributed by atoms with Crippen LogP contribution in [0.3, 0.4) is 0 Å². The summed E-state index contributed by atoms with van der Waals surface area (Å²) >= 11 is 0. The second-order valence-electron chi connectivity index (χ2n) is 6.84. The number of benzene rings is 1. The molecule has 1 aromatic carbocycles. The summed E-state index contributed by atoms with van der Waals surface area (Å²) in [6, 6.07) is 7.05. The highest BCUT2D eigenvalue weighted by Gasteiger charge is 2.38. The molecule has 0 bridgehead atoms. The zero-order valence-electron chi connectivity index (χ0n) is 13.6. The Balaban J connectivity index is 1.61. The number of hydrogen-bond donors (Lipinski definition) is 0. The molecule has 0 saturated carbocycles. The normalized spacial score (nSPS) is 22.2. The van der Waals surface area contributed by atoms with Gasteiger partial charge in [0.2, 0.25) is 0 Å². The van der Waals surface area contributed by atoms with Gasteiger partial charge in [0.1, 0.15) is 5.82 Å². The Hall–Kier alpha value is -1.13. The second kappa shape index (κ2) is 6.97. The lowest BCUT2D eigenvalue weighted by Crippen LogP contribution is -2.50. The molecule has 122 valence electrons. The van der Waals surface area contributed by atoms with E-state index in [0.29, 0.717) is 5.41 Å². The maximum atomic E-state index is 13.5. The molecule has 1 spiro atoms. The third-order valence-electron chi connectivity index (χ3n) is 5.36. The number of ether oxygens (including phenoxy) is 1. The summed E-state index contributed by atoms with van der Waals surface area (Å²) in [7, 11) is 1.77. The molecule has 3 nitrogen and oxygen atoms in total. The SMILES string of the molecule is COCCN1CCC2(CCCN(c3cccc(F)c3)C2)CC1. The van der Waals surface area contributed by atoms with Gasteiger partial charge in [-0.2, -0.15) is 0 Å². The van der Waals surface area contributed by atoms with E-state index in [-0.39, 0.29) is 5.82 Å². The Morgan fingerprint density at radius 2 is 2.00 bits per heavy atom. The van der Waals surface area contributed by atoms with Gasteiger partial charge in [0, 0.05) is 32.4 Å². The van der Waals surface area contributed by atoms with E-state index in [0.717, 1.165) is 31.9 Å². The monoisotopic (exact) mass is 306 g/mol. The number of rotatable bonds is 4. The quantitative estimate of drug-likeness (QED) is 0.850. The Morgan fingerprint density at radius 3 is 2.73 bits per heavy atom. The van der Waals surface area contributed by atoms with E-state index in [1.807, 2.05) is 12.1 Å². The molecule has 0 radical (unpaired) electrons. The fourth-order valence-corrected chi connectivity index (χ4v) is 3.98. The number of methoxy groups -OCH3 is 1. The first-order valence-corrected chi connectivity index (χ1v) is 8.43. The van der Waals surface area contributed by atoms with Gasteiger partial charge in [-0.25, -0.2) is 4.39 Å². The molecule has 0 aliphatic carbocycles. The summed E-state index contributed by atoms with van der Waals surface area (Å²) in [5.41, 5.74) is 1.47. The van der Waals surface area contributed by atoms with Crippen LogP contribution in [0, 0.1) is 11.2 Å². The van der Waals surface area contributed by atoms with E-state index in [4.69, 9.17) is 4.74 Å². The molecule has 4 heteroatoms. The molecule has 2 fully saturated rings. The summed E-state index contributed by atoms with van der Waals surface area (Å²) < 4.78 is 18.7. The van der Waals surface area contributed by atoms with Crippen molar-refractivity contribution in [2.45, 2.75) is 25.7 Å². The van der Waals surface area contributed by atoms with Gasteiger partial charge in [0.15, 0.2) is 0 Å². The van der Waals surface area contributed by atoms with E-state index in [1.165, 1.54) is 44.8 Å². The molecule has 0 amide bonds. The van der Waals surface area contributed by atoms with E-state index >= 15 is 0 Å². The fourth-order valence-electron chi connectivity index (χ4n) is 3.98. The third-order valence-corrected chi connectivity index (χ3v) is 5.36. The van der Waals surface area contributed by atoms with Crippen LogP contribution < -0.4 is 4.90 Å². The van der Waals surface area contributed by atoms with Gasteiger partial charge in [0.05, 0.1) is 6.61 Å². The molecular formula is C18H27FN2O. The van der Waals surface area contributed by atoms with Crippen molar-refractivity contribution in [3.05, 3.63) is 30.1 Å². The highest BCUT2D eigenvalue weighted by atomic mass is 19.1. The minimum atomic E-state index is -0.133. The molecule has 0 aromatic heterocycles. The van der Waals surface area contributed by atoms with Gasteiger partial charge in [-0.3, -0.25) is 0 Å². The van der Waals surface area contributed by atoms with Gasteiger partial charge >= 0.3 is 0 Å². The Kier molecular flexibility index (Phi) is 4.99. The second-order valence-corrected chi connectivity index (χ2v) is 6.84. The van der Waals surface area contributed by atoms with Crippen LogP contribution in [-0.4, -0.2) is 51.3 Å². The van der Waals surface area contributed by atoms with E-state index in [9.17, 15) is 4.39 Å². The number of halogens is 1. The van der Waals surface area contributed by atoms with Crippen molar-refractivity contribution in [2.75, 3.05) is 51.3 Å². The standard InChI is InChI=1S/C18H27FN2O/c1-22-13-12-20-10-7-18(8-11-20)6-3-9-21(15-18)17-5-2-4-16(19)14-17/h2,4-5,14H,3,6-13,15H2,1H3. The van der Waals surface area contributed by atoms with E-state index in [1.54, 1.807) is 13.2 Å². The van der Waals surface area contributed by atoms with E-state index < -0.39 is 0 Å². The van der Waals surface area contributed by atoms with Crippen LogP contribution in [0.25, 0.3) is 0 Å². The first kappa shape index (κ1) is 15.8. The first-order chi connectivity index (χ1) is 10.7. The largest absolute Gasteiger partial charge is 0.383 e. The first-order valence-electron chi connectivity index (χ1n) is 8.43. The molecule has 1 aromatic rings. The molecule has 22 heavy (non-hydrogen) atoms. The Morgan fingerprint density at radius 1 is 1.18 bits per heavy atom. The number of hydrogen-bond acceptors (Lipinski definition) is 3. The zero-order valence-corrected chi connectivity index (χ0v) is 13.6. The lowest BCUT2D eigenvalue weighted by atomic mass is 9.72. The lowest BCUT2D eigenvalue weighted by molar-refractivity contribution is 0.0678. The molecule has 0 unspecified atom stereocenters. The van der Waals surface area contributed by atoms with Gasteiger partial charge < -0.3 is 14.5 Å². The highest BCUT2D eigenvalue weighted by molar-refractivity contribution is 5.47. The van der Waals surface area contributed by atoms with Crippen molar-refractivity contribution >= 4 is 5.69 Å². The number of nitrogens with zero attached hydrogens (tertiary/aromatic N) is 2. The van der Waals surface area contributed by atoms with Crippen LogP contribution in [0.15, 0.2) is 24.3 Å². The lowest BCUT2D eigenvalue weighted by Gasteiger charge is -2.48. The van der Waals surface area contributed by atoms with Crippen molar-refractivity contribution in [3.63, 3.8) is 0 Å². The topological polar surface area (TPSA) is 15.7 Å². The van der Waals surface area contributed by atoms with Crippen molar-refractivity contribution in [3.8, 4) is 0 Å². The van der Waals surface area contributed by atoms with Crippen LogP contribution in [0.4, 0.5) is 10.1 Å². The predicted molar refractivity (Wildman–Crippen MR) is 87.8 cm³/mol. The summed E-state index contributed by atoms with van der Waals surface area (Å²) in [6.07, 6.45) is 5.04. The smallest absolute Gasteiger partial charge is 0.125 e. The number of anilines is 1. The predicted octanol–water partition coefficient (Wildman–Crippen LogP) is 3.15. The zero-order chi connectivity index (χ0) is 15.4. The van der Waals surface area contributed by atoms with Crippen LogP contribution in [-0.2, 0) is 4.74 Å². The molecule has 2 heterocycles. The molecule has 2 saturated heterocycles. The molecule has 2 aliphatic rings. The van der Waals surface area contributed by atoms with Crippen LogP contribution in [0.1, 0.15) is 25.7 Å². The van der Waals surface area contributed by atoms with Gasteiger partial charge in [-0.1, -0.05) is 6.07 Å². The third kappa shape index (κ3) is 3.61.